The predicted molar refractivity (Wildman–Crippen MR) is 106 cm³/mol. The Kier molecular flexibility index (Phi) is 6.53. The van der Waals surface area contributed by atoms with Gasteiger partial charge in [-0.1, -0.05) is 50.2 Å². The Labute approximate surface area is 165 Å². The number of hydrogen-bond donors (Lipinski definition) is 1. The van der Waals surface area contributed by atoms with Crippen molar-refractivity contribution in [3.8, 4) is 0 Å². The Morgan fingerprint density at radius 3 is 2.43 bits per heavy atom. The van der Waals surface area contributed by atoms with Gasteiger partial charge in [-0.15, -0.1) is 10.2 Å². The largest absolute Gasteiger partial charge is 0.423 e. The molecule has 6 heteroatoms. The van der Waals surface area contributed by atoms with Crippen LogP contribution in [0.15, 0.2) is 59.1 Å². The lowest BCUT2D eigenvalue weighted by Crippen LogP contribution is -2.35. The summed E-state index contributed by atoms with van der Waals surface area (Å²) in [4.78, 5) is 17.7. The fourth-order valence-corrected chi connectivity index (χ4v) is 3.19. The van der Waals surface area contributed by atoms with Gasteiger partial charge < -0.3 is 9.73 Å². The fraction of sp³-hybridized carbons (Fsp3) is 0.364. The third-order valence-electron chi connectivity index (χ3n) is 4.52. The summed E-state index contributed by atoms with van der Waals surface area (Å²) >= 11 is 0. The zero-order valence-corrected chi connectivity index (χ0v) is 16.5. The van der Waals surface area contributed by atoms with Gasteiger partial charge in [-0.05, 0) is 30.0 Å². The van der Waals surface area contributed by atoms with Crippen LogP contribution in [-0.4, -0.2) is 21.1 Å². The van der Waals surface area contributed by atoms with E-state index in [0.29, 0.717) is 24.1 Å². The molecule has 0 bridgehead atoms. The van der Waals surface area contributed by atoms with Gasteiger partial charge in [-0.25, -0.2) is 0 Å². The standard InChI is InChI=1S/C22H26N4O2/c1-15(2)13-20(22-26-25-16(3)28-22)24-21(27)19(17-9-5-4-6-10-17)14-18-11-7-8-12-23-18/h4-12,15,19-20H,13-14H2,1-3H3,(H,24,27). The van der Waals surface area contributed by atoms with E-state index >= 15 is 0 Å². The highest BCUT2D eigenvalue weighted by molar-refractivity contribution is 5.84. The van der Waals surface area contributed by atoms with Crippen molar-refractivity contribution in [1.29, 1.82) is 0 Å². The minimum absolute atomic E-state index is 0.0710. The number of benzene rings is 1. The van der Waals surface area contributed by atoms with Crippen molar-refractivity contribution >= 4 is 5.91 Å². The molecular weight excluding hydrogens is 352 g/mol. The molecule has 1 aromatic carbocycles. The van der Waals surface area contributed by atoms with Gasteiger partial charge in [0.2, 0.25) is 17.7 Å². The van der Waals surface area contributed by atoms with Gasteiger partial charge in [0.05, 0.1) is 5.92 Å². The molecule has 2 atom stereocenters. The summed E-state index contributed by atoms with van der Waals surface area (Å²) in [6, 6.07) is 15.2. The van der Waals surface area contributed by atoms with Crippen LogP contribution in [-0.2, 0) is 11.2 Å². The summed E-state index contributed by atoms with van der Waals surface area (Å²) in [6.07, 6.45) is 2.99. The molecule has 0 saturated heterocycles. The minimum Gasteiger partial charge on any atom is -0.423 e. The maximum absolute atomic E-state index is 13.3. The number of nitrogens with zero attached hydrogens (tertiary/aromatic N) is 3. The summed E-state index contributed by atoms with van der Waals surface area (Å²) in [6.45, 7) is 5.95. The minimum atomic E-state index is -0.352. The van der Waals surface area contributed by atoms with Crippen molar-refractivity contribution < 1.29 is 9.21 Å². The van der Waals surface area contributed by atoms with E-state index < -0.39 is 0 Å². The molecule has 28 heavy (non-hydrogen) atoms. The number of aryl methyl sites for hydroxylation is 1. The number of hydrogen-bond acceptors (Lipinski definition) is 5. The number of pyridine rings is 1. The van der Waals surface area contributed by atoms with Crippen molar-refractivity contribution in [2.75, 3.05) is 0 Å². The number of aromatic nitrogens is 3. The van der Waals surface area contributed by atoms with Crippen LogP contribution >= 0.6 is 0 Å². The SMILES string of the molecule is Cc1nnc(C(CC(C)C)NC(=O)C(Cc2ccccn2)c2ccccc2)o1. The van der Waals surface area contributed by atoms with E-state index in [1.54, 1.807) is 13.1 Å². The van der Waals surface area contributed by atoms with E-state index in [0.717, 1.165) is 17.7 Å². The highest BCUT2D eigenvalue weighted by Gasteiger charge is 2.27. The second kappa shape index (κ2) is 9.26. The molecule has 2 unspecified atom stereocenters. The average Bonchev–Trinajstić information content (AvgIpc) is 3.13. The second-order valence-electron chi connectivity index (χ2n) is 7.34. The first-order valence-electron chi connectivity index (χ1n) is 9.58. The summed E-state index contributed by atoms with van der Waals surface area (Å²) in [5.41, 5.74) is 1.83. The van der Waals surface area contributed by atoms with Crippen LogP contribution in [0, 0.1) is 12.8 Å². The van der Waals surface area contributed by atoms with Crippen LogP contribution in [0.5, 0.6) is 0 Å². The van der Waals surface area contributed by atoms with Crippen LogP contribution in [0.3, 0.4) is 0 Å². The van der Waals surface area contributed by atoms with Gasteiger partial charge in [0.15, 0.2) is 0 Å². The van der Waals surface area contributed by atoms with Crippen molar-refractivity contribution in [3.05, 3.63) is 77.8 Å². The van der Waals surface area contributed by atoms with E-state index in [4.69, 9.17) is 4.42 Å². The Balaban J connectivity index is 1.84. The zero-order chi connectivity index (χ0) is 19.9. The summed E-state index contributed by atoms with van der Waals surface area (Å²) in [5, 5.41) is 11.2. The van der Waals surface area contributed by atoms with Crippen LogP contribution in [0.1, 0.15) is 55.3 Å². The normalized spacial score (nSPS) is 13.3. The molecule has 0 fully saturated rings. The predicted octanol–water partition coefficient (Wildman–Crippen LogP) is 4.00. The van der Waals surface area contributed by atoms with Crippen molar-refractivity contribution in [2.24, 2.45) is 5.92 Å². The van der Waals surface area contributed by atoms with Gasteiger partial charge in [-0.2, -0.15) is 0 Å². The molecule has 0 aliphatic carbocycles. The molecule has 1 N–H and O–H groups in total. The topological polar surface area (TPSA) is 80.9 Å². The molecule has 0 radical (unpaired) electrons. The number of nitrogens with one attached hydrogen (secondary N) is 1. The van der Waals surface area contributed by atoms with Gasteiger partial charge in [0, 0.05) is 25.2 Å². The zero-order valence-electron chi connectivity index (χ0n) is 16.5. The number of carbonyl (C=O) groups is 1. The summed E-state index contributed by atoms with van der Waals surface area (Å²) in [5.74, 6) is 0.881. The highest BCUT2D eigenvalue weighted by atomic mass is 16.4. The molecule has 0 saturated carbocycles. The molecule has 6 nitrogen and oxygen atoms in total. The fourth-order valence-electron chi connectivity index (χ4n) is 3.19. The van der Waals surface area contributed by atoms with Gasteiger partial charge in [-0.3, -0.25) is 9.78 Å². The van der Waals surface area contributed by atoms with Crippen LogP contribution in [0.25, 0.3) is 0 Å². The third-order valence-corrected chi connectivity index (χ3v) is 4.52. The molecule has 1 amide bonds. The molecule has 0 aliphatic heterocycles. The van der Waals surface area contributed by atoms with E-state index in [9.17, 15) is 4.79 Å². The third kappa shape index (κ3) is 5.25. The Hall–Kier alpha value is -3.02. The maximum Gasteiger partial charge on any atom is 0.238 e. The number of rotatable bonds is 8. The summed E-state index contributed by atoms with van der Waals surface area (Å²) in [7, 11) is 0. The van der Waals surface area contributed by atoms with E-state index in [-0.39, 0.29) is 17.9 Å². The van der Waals surface area contributed by atoms with Crippen molar-refractivity contribution in [2.45, 2.75) is 45.6 Å². The Morgan fingerprint density at radius 1 is 1.07 bits per heavy atom. The molecular formula is C22H26N4O2. The van der Waals surface area contributed by atoms with Crippen LogP contribution < -0.4 is 5.32 Å². The average molecular weight is 378 g/mol. The van der Waals surface area contributed by atoms with Crippen molar-refractivity contribution in [1.82, 2.24) is 20.5 Å². The van der Waals surface area contributed by atoms with Gasteiger partial charge >= 0.3 is 0 Å². The first-order valence-corrected chi connectivity index (χ1v) is 9.58. The van der Waals surface area contributed by atoms with Gasteiger partial charge in [0.1, 0.15) is 6.04 Å². The molecule has 2 heterocycles. The lowest BCUT2D eigenvalue weighted by molar-refractivity contribution is -0.123. The Morgan fingerprint density at radius 2 is 1.82 bits per heavy atom. The number of carbonyl (C=O) groups excluding carboxylic acids is 1. The first kappa shape index (κ1) is 19.7. The maximum atomic E-state index is 13.3. The Bertz CT molecular complexity index is 878. The van der Waals surface area contributed by atoms with E-state index in [1.807, 2.05) is 48.5 Å². The molecule has 0 spiro atoms. The lowest BCUT2D eigenvalue weighted by Gasteiger charge is -2.22. The molecule has 0 aliphatic rings. The molecule has 3 rings (SSSR count). The molecule has 3 aromatic rings. The van der Waals surface area contributed by atoms with Crippen LogP contribution in [0.2, 0.25) is 0 Å². The molecule has 2 aromatic heterocycles. The molecule has 146 valence electrons. The van der Waals surface area contributed by atoms with Crippen LogP contribution in [0.4, 0.5) is 0 Å². The van der Waals surface area contributed by atoms with Gasteiger partial charge in [0.25, 0.3) is 0 Å². The van der Waals surface area contributed by atoms with E-state index in [1.165, 1.54) is 0 Å². The lowest BCUT2D eigenvalue weighted by atomic mass is 9.92. The quantitative estimate of drug-likeness (QED) is 0.641. The number of amides is 1. The van der Waals surface area contributed by atoms with Crippen molar-refractivity contribution in [3.63, 3.8) is 0 Å². The monoisotopic (exact) mass is 378 g/mol. The smallest absolute Gasteiger partial charge is 0.238 e. The second-order valence-corrected chi connectivity index (χ2v) is 7.34. The van der Waals surface area contributed by atoms with E-state index in [2.05, 4.69) is 34.3 Å². The first-order chi connectivity index (χ1) is 13.5. The summed E-state index contributed by atoms with van der Waals surface area (Å²) < 4.78 is 5.60. The highest BCUT2D eigenvalue weighted by Crippen LogP contribution is 2.25.